The van der Waals surface area contributed by atoms with Crippen LogP contribution in [0.15, 0.2) is 47.1 Å². The van der Waals surface area contributed by atoms with Gasteiger partial charge in [0.1, 0.15) is 11.6 Å². The lowest BCUT2D eigenvalue weighted by molar-refractivity contribution is 0.433. The Morgan fingerprint density at radius 2 is 2.05 bits per heavy atom. The Kier molecular flexibility index (Phi) is 4.58. The van der Waals surface area contributed by atoms with Crippen LogP contribution in [0, 0.1) is 5.82 Å². The first kappa shape index (κ1) is 13.6. The van der Waals surface area contributed by atoms with Gasteiger partial charge in [-0.25, -0.2) is 4.39 Å². The summed E-state index contributed by atoms with van der Waals surface area (Å²) in [6, 6.07) is 10.8. The summed E-state index contributed by atoms with van der Waals surface area (Å²) in [5.74, 6) is 0.720. The highest BCUT2D eigenvalue weighted by molar-refractivity contribution is 5.46. The normalized spacial score (nSPS) is 12.4. The summed E-state index contributed by atoms with van der Waals surface area (Å²) < 4.78 is 18.9. The average molecular weight is 262 g/mol. The van der Waals surface area contributed by atoms with Crippen LogP contribution in [0.2, 0.25) is 0 Å². The summed E-state index contributed by atoms with van der Waals surface area (Å²) in [4.78, 5) is 1.90. The van der Waals surface area contributed by atoms with E-state index >= 15 is 0 Å². The molecule has 0 radical (unpaired) electrons. The third kappa shape index (κ3) is 3.58. The first-order valence-corrected chi connectivity index (χ1v) is 6.41. The van der Waals surface area contributed by atoms with Crippen molar-refractivity contribution in [1.29, 1.82) is 0 Å². The highest BCUT2D eigenvalue weighted by atomic mass is 19.1. The Balaban J connectivity index is 1.81. The number of hydrogen-bond acceptors (Lipinski definition) is 3. The van der Waals surface area contributed by atoms with E-state index in [4.69, 9.17) is 4.42 Å². The second kappa shape index (κ2) is 6.38. The van der Waals surface area contributed by atoms with Gasteiger partial charge < -0.3 is 14.6 Å². The molecule has 3 nitrogen and oxygen atoms in total. The fraction of sp³-hybridized carbons (Fsp3) is 0.333. The third-order valence-corrected chi connectivity index (χ3v) is 3.13. The summed E-state index contributed by atoms with van der Waals surface area (Å²) in [5.41, 5.74) is 0.620. The van der Waals surface area contributed by atoms with Gasteiger partial charge in [0, 0.05) is 20.1 Å². The quantitative estimate of drug-likeness (QED) is 0.866. The Morgan fingerprint density at radius 1 is 1.26 bits per heavy atom. The van der Waals surface area contributed by atoms with Crippen LogP contribution in [0.4, 0.5) is 10.1 Å². The second-order valence-electron chi connectivity index (χ2n) is 4.56. The molecule has 0 amide bonds. The van der Waals surface area contributed by atoms with E-state index in [0.29, 0.717) is 5.69 Å². The van der Waals surface area contributed by atoms with Crippen molar-refractivity contribution in [1.82, 2.24) is 5.32 Å². The number of furan rings is 1. The minimum Gasteiger partial charge on any atom is -0.468 e. The Morgan fingerprint density at radius 3 is 2.74 bits per heavy atom. The van der Waals surface area contributed by atoms with Crippen molar-refractivity contribution in [3.05, 3.63) is 54.2 Å². The van der Waals surface area contributed by atoms with Crippen molar-refractivity contribution in [3.8, 4) is 0 Å². The number of nitrogens with one attached hydrogen (secondary N) is 1. The zero-order chi connectivity index (χ0) is 13.7. The molecule has 19 heavy (non-hydrogen) atoms. The number of hydrogen-bond donors (Lipinski definition) is 1. The zero-order valence-electron chi connectivity index (χ0n) is 11.3. The van der Waals surface area contributed by atoms with Gasteiger partial charge >= 0.3 is 0 Å². The van der Waals surface area contributed by atoms with Crippen molar-refractivity contribution >= 4 is 5.69 Å². The molecule has 0 saturated heterocycles. The maximum atomic E-state index is 13.6. The minimum atomic E-state index is -0.191. The molecule has 0 fully saturated rings. The second-order valence-corrected chi connectivity index (χ2v) is 4.56. The number of anilines is 1. The van der Waals surface area contributed by atoms with Gasteiger partial charge in [0.2, 0.25) is 0 Å². The van der Waals surface area contributed by atoms with Crippen LogP contribution in [0.1, 0.15) is 18.7 Å². The summed E-state index contributed by atoms with van der Waals surface area (Å²) >= 11 is 0. The molecule has 2 rings (SSSR count). The molecule has 1 heterocycles. The van der Waals surface area contributed by atoms with Gasteiger partial charge in [0.05, 0.1) is 18.0 Å². The summed E-state index contributed by atoms with van der Waals surface area (Å²) in [6.07, 6.45) is 1.67. The van der Waals surface area contributed by atoms with E-state index in [0.717, 1.165) is 18.8 Å². The molecule has 0 bridgehead atoms. The molecule has 0 saturated carbocycles. The van der Waals surface area contributed by atoms with E-state index in [1.165, 1.54) is 6.07 Å². The third-order valence-electron chi connectivity index (χ3n) is 3.13. The molecule has 0 aliphatic heterocycles. The van der Waals surface area contributed by atoms with Crippen LogP contribution in [0.25, 0.3) is 0 Å². The number of halogens is 1. The number of nitrogens with zero attached hydrogens (tertiary/aromatic N) is 1. The van der Waals surface area contributed by atoms with Gasteiger partial charge in [-0.2, -0.15) is 0 Å². The summed E-state index contributed by atoms with van der Waals surface area (Å²) in [6.45, 7) is 3.53. The van der Waals surface area contributed by atoms with E-state index in [1.807, 2.05) is 37.1 Å². The molecule has 2 aromatic rings. The largest absolute Gasteiger partial charge is 0.468 e. The predicted molar refractivity (Wildman–Crippen MR) is 74.8 cm³/mol. The summed E-state index contributed by atoms with van der Waals surface area (Å²) in [5, 5.41) is 3.35. The van der Waals surface area contributed by atoms with E-state index < -0.39 is 0 Å². The molecule has 1 N–H and O–H groups in total. The van der Waals surface area contributed by atoms with Crippen LogP contribution in [-0.4, -0.2) is 20.1 Å². The zero-order valence-corrected chi connectivity index (χ0v) is 11.3. The molecule has 0 aliphatic rings. The number of benzene rings is 1. The monoisotopic (exact) mass is 262 g/mol. The molecule has 0 spiro atoms. The van der Waals surface area contributed by atoms with Gasteiger partial charge in [-0.05, 0) is 31.2 Å². The van der Waals surface area contributed by atoms with Crippen molar-refractivity contribution in [3.63, 3.8) is 0 Å². The van der Waals surface area contributed by atoms with Crippen molar-refractivity contribution in [2.75, 3.05) is 25.0 Å². The van der Waals surface area contributed by atoms with Crippen LogP contribution in [0.3, 0.4) is 0 Å². The highest BCUT2D eigenvalue weighted by Crippen LogP contribution is 2.16. The Labute approximate surface area is 113 Å². The van der Waals surface area contributed by atoms with E-state index in [9.17, 15) is 4.39 Å². The SMILES string of the molecule is CC(NCCN(C)c1ccccc1F)c1ccco1. The van der Waals surface area contributed by atoms with Gasteiger partial charge in [0.15, 0.2) is 0 Å². The molecule has 1 aromatic carbocycles. The molecule has 0 aliphatic carbocycles. The van der Waals surface area contributed by atoms with E-state index in [1.54, 1.807) is 18.4 Å². The number of rotatable bonds is 6. The van der Waals surface area contributed by atoms with Gasteiger partial charge in [-0.3, -0.25) is 0 Å². The van der Waals surface area contributed by atoms with E-state index in [-0.39, 0.29) is 11.9 Å². The maximum absolute atomic E-state index is 13.6. The maximum Gasteiger partial charge on any atom is 0.146 e. The lowest BCUT2D eigenvalue weighted by atomic mass is 10.2. The number of para-hydroxylation sites is 1. The first-order chi connectivity index (χ1) is 9.18. The van der Waals surface area contributed by atoms with Crippen LogP contribution in [0.5, 0.6) is 0 Å². The molecular weight excluding hydrogens is 243 g/mol. The van der Waals surface area contributed by atoms with Crippen molar-refractivity contribution < 1.29 is 8.81 Å². The molecular formula is C15H19FN2O. The highest BCUT2D eigenvalue weighted by Gasteiger charge is 2.09. The van der Waals surface area contributed by atoms with Gasteiger partial charge in [-0.15, -0.1) is 0 Å². The van der Waals surface area contributed by atoms with Gasteiger partial charge in [-0.1, -0.05) is 12.1 Å². The van der Waals surface area contributed by atoms with Crippen LogP contribution >= 0.6 is 0 Å². The smallest absolute Gasteiger partial charge is 0.146 e. The number of likely N-dealkylation sites (N-methyl/N-ethyl adjacent to an activating group) is 1. The first-order valence-electron chi connectivity index (χ1n) is 6.41. The molecule has 102 valence electrons. The van der Waals surface area contributed by atoms with E-state index in [2.05, 4.69) is 5.32 Å². The lowest BCUT2D eigenvalue weighted by Gasteiger charge is -2.21. The van der Waals surface area contributed by atoms with Crippen molar-refractivity contribution in [2.24, 2.45) is 0 Å². The average Bonchev–Trinajstić information content (AvgIpc) is 2.93. The van der Waals surface area contributed by atoms with Crippen molar-refractivity contribution in [2.45, 2.75) is 13.0 Å². The topological polar surface area (TPSA) is 28.4 Å². The fourth-order valence-electron chi connectivity index (χ4n) is 1.97. The van der Waals surface area contributed by atoms with Gasteiger partial charge in [0.25, 0.3) is 0 Å². The van der Waals surface area contributed by atoms with Crippen LogP contribution in [-0.2, 0) is 0 Å². The minimum absolute atomic E-state index is 0.157. The Bertz CT molecular complexity index is 499. The molecule has 1 unspecified atom stereocenters. The van der Waals surface area contributed by atoms with Crippen LogP contribution < -0.4 is 10.2 Å². The fourth-order valence-corrected chi connectivity index (χ4v) is 1.97. The molecule has 1 aromatic heterocycles. The summed E-state index contributed by atoms with van der Waals surface area (Å²) in [7, 11) is 1.89. The lowest BCUT2D eigenvalue weighted by Crippen LogP contribution is -2.31. The molecule has 4 heteroatoms. The predicted octanol–water partition coefficient (Wildman–Crippen LogP) is 3.21. The standard InChI is InChI=1S/C15H19FN2O/c1-12(15-8-5-11-19-15)17-9-10-18(2)14-7-4-3-6-13(14)16/h3-8,11-12,17H,9-10H2,1-2H3. The molecule has 1 atom stereocenters. The Hall–Kier alpha value is -1.81.